The molecule has 112 valence electrons. The van der Waals surface area contributed by atoms with Crippen LogP contribution in [0.5, 0.6) is 0 Å². The molecule has 0 aromatic rings. The van der Waals surface area contributed by atoms with Gasteiger partial charge in [0, 0.05) is 19.1 Å². The summed E-state index contributed by atoms with van der Waals surface area (Å²) in [7, 11) is 1.47. The number of ether oxygens (including phenoxy) is 1. The standard InChI is InChI=1S/C15H30N2O2/c1-5-6-7-13-8-14(16-9-12(2)3)11-17(10-13)15(18)19-4/h12-14,16H,5-11H2,1-4H3. The molecule has 1 N–H and O–H groups in total. The van der Waals surface area contributed by atoms with Gasteiger partial charge in [-0.15, -0.1) is 0 Å². The summed E-state index contributed by atoms with van der Waals surface area (Å²) in [6, 6.07) is 0.414. The zero-order valence-electron chi connectivity index (χ0n) is 12.9. The van der Waals surface area contributed by atoms with E-state index in [1.165, 1.54) is 32.8 Å². The van der Waals surface area contributed by atoms with Crippen LogP contribution >= 0.6 is 0 Å². The molecular weight excluding hydrogens is 240 g/mol. The van der Waals surface area contributed by atoms with Crippen LogP contribution in [0.3, 0.4) is 0 Å². The smallest absolute Gasteiger partial charge is 0.409 e. The van der Waals surface area contributed by atoms with Crippen molar-refractivity contribution in [2.24, 2.45) is 11.8 Å². The Morgan fingerprint density at radius 1 is 1.42 bits per heavy atom. The lowest BCUT2D eigenvalue weighted by Crippen LogP contribution is -2.51. The van der Waals surface area contributed by atoms with Gasteiger partial charge in [-0.3, -0.25) is 0 Å². The number of unbranched alkanes of at least 4 members (excludes halogenated alkanes) is 1. The maximum atomic E-state index is 11.7. The molecule has 0 saturated carbocycles. The van der Waals surface area contributed by atoms with Gasteiger partial charge in [-0.25, -0.2) is 4.79 Å². The first-order valence-electron chi connectivity index (χ1n) is 7.63. The fraction of sp³-hybridized carbons (Fsp3) is 0.933. The molecule has 1 heterocycles. The van der Waals surface area contributed by atoms with Gasteiger partial charge in [0.15, 0.2) is 0 Å². The molecule has 0 spiro atoms. The Balaban J connectivity index is 2.53. The van der Waals surface area contributed by atoms with Crippen LogP contribution in [-0.4, -0.2) is 43.8 Å². The maximum Gasteiger partial charge on any atom is 0.409 e. The quantitative estimate of drug-likeness (QED) is 0.807. The van der Waals surface area contributed by atoms with Gasteiger partial charge in [0.05, 0.1) is 7.11 Å². The number of carbonyl (C=O) groups excluding carboxylic acids is 1. The molecule has 1 fully saturated rings. The summed E-state index contributed by atoms with van der Waals surface area (Å²) in [4.78, 5) is 13.6. The number of hydrogen-bond donors (Lipinski definition) is 1. The van der Waals surface area contributed by atoms with Gasteiger partial charge >= 0.3 is 6.09 Å². The molecule has 4 nitrogen and oxygen atoms in total. The van der Waals surface area contributed by atoms with E-state index >= 15 is 0 Å². The van der Waals surface area contributed by atoms with Crippen LogP contribution < -0.4 is 5.32 Å². The van der Waals surface area contributed by atoms with E-state index in [9.17, 15) is 4.79 Å². The summed E-state index contributed by atoms with van der Waals surface area (Å²) in [5, 5.41) is 3.59. The molecule has 4 heteroatoms. The molecule has 1 saturated heterocycles. The summed E-state index contributed by atoms with van der Waals surface area (Å²) in [5.74, 6) is 1.25. The largest absolute Gasteiger partial charge is 0.453 e. The highest BCUT2D eigenvalue weighted by molar-refractivity contribution is 5.67. The predicted molar refractivity (Wildman–Crippen MR) is 78.2 cm³/mol. The minimum atomic E-state index is -0.183. The van der Waals surface area contributed by atoms with Crippen molar-refractivity contribution in [2.45, 2.75) is 52.5 Å². The third kappa shape index (κ3) is 5.81. The van der Waals surface area contributed by atoms with Gasteiger partial charge in [0.25, 0.3) is 0 Å². The van der Waals surface area contributed by atoms with Crippen molar-refractivity contribution in [1.29, 1.82) is 0 Å². The maximum absolute atomic E-state index is 11.7. The molecule has 1 amide bonds. The van der Waals surface area contributed by atoms with Crippen molar-refractivity contribution in [2.75, 3.05) is 26.7 Å². The van der Waals surface area contributed by atoms with Crippen LogP contribution in [0.15, 0.2) is 0 Å². The number of rotatable bonds is 6. The molecule has 1 rings (SSSR count). The number of amides is 1. The number of hydrogen-bond acceptors (Lipinski definition) is 3. The van der Waals surface area contributed by atoms with E-state index in [0.717, 1.165) is 19.6 Å². The van der Waals surface area contributed by atoms with Gasteiger partial charge in [-0.2, -0.15) is 0 Å². The van der Waals surface area contributed by atoms with Crippen molar-refractivity contribution < 1.29 is 9.53 Å². The van der Waals surface area contributed by atoms with Crippen LogP contribution in [0.1, 0.15) is 46.5 Å². The van der Waals surface area contributed by atoms with Gasteiger partial charge in [-0.05, 0) is 31.2 Å². The van der Waals surface area contributed by atoms with Gasteiger partial charge < -0.3 is 15.0 Å². The van der Waals surface area contributed by atoms with Crippen LogP contribution in [0.2, 0.25) is 0 Å². The number of nitrogens with one attached hydrogen (secondary N) is 1. The van der Waals surface area contributed by atoms with E-state index < -0.39 is 0 Å². The van der Waals surface area contributed by atoms with E-state index in [-0.39, 0.29) is 6.09 Å². The average molecular weight is 270 g/mol. The highest BCUT2D eigenvalue weighted by atomic mass is 16.5. The van der Waals surface area contributed by atoms with Crippen LogP contribution in [-0.2, 0) is 4.74 Å². The Bertz CT molecular complexity index is 269. The average Bonchev–Trinajstić information content (AvgIpc) is 2.41. The fourth-order valence-electron chi connectivity index (χ4n) is 2.73. The second-order valence-electron chi connectivity index (χ2n) is 6.12. The number of piperidine rings is 1. The first-order chi connectivity index (χ1) is 9.06. The summed E-state index contributed by atoms with van der Waals surface area (Å²) in [6.45, 7) is 9.29. The molecule has 1 aliphatic rings. The lowest BCUT2D eigenvalue weighted by Gasteiger charge is -2.37. The molecule has 0 aliphatic carbocycles. The Kier molecular flexibility index (Phi) is 7.21. The van der Waals surface area contributed by atoms with E-state index in [1.54, 1.807) is 0 Å². The molecule has 19 heavy (non-hydrogen) atoms. The van der Waals surface area contributed by atoms with E-state index in [1.807, 2.05) is 4.90 Å². The lowest BCUT2D eigenvalue weighted by molar-refractivity contribution is 0.0882. The number of carbonyl (C=O) groups is 1. The van der Waals surface area contributed by atoms with E-state index in [0.29, 0.717) is 17.9 Å². The highest BCUT2D eigenvalue weighted by Crippen LogP contribution is 2.22. The molecule has 0 radical (unpaired) electrons. The van der Waals surface area contributed by atoms with Crippen molar-refractivity contribution in [3.8, 4) is 0 Å². The highest BCUT2D eigenvalue weighted by Gasteiger charge is 2.29. The summed E-state index contributed by atoms with van der Waals surface area (Å²) in [6.07, 6.45) is 4.68. The zero-order valence-corrected chi connectivity index (χ0v) is 12.9. The van der Waals surface area contributed by atoms with Gasteiger partial charge in [0.2, 0.25) is 0 Å². The van der Waals surface area contributed by atoms with Crippen LogP contribution in [0.4, 0.5) is 4.79 Å². The first kappa shape index (κ1) is 16.3. The molecule has 2 atom stereocenters. The van der Waals surface area contributed by atoms with E-state index in [2.05, 4.69) is 26.1 Å². The Hall–Kier alpha value is -0.770. The molecule has 0 aromatic carbocycles. The first-order valence-corrected chi connectivity index (χ1v) is 7.63. The second kappa shape index (κ2) is 8.41. The SMILES string of the molecule is CCCCC1CC(NCC(C)C)CN(C(=O)OC)C1. The molecule has 2 unspecified atom stereocenters. The normalized spacial score (nSPS) is 23.7. The summed E-state index contributed by atoms with van der Waals surface area (Å²) in [5.41, 5.74) is 0. The monoisotopic (exact) mass is 270 g/mol. The van der Waals surface area contributed by atoms with Crippen molar-refractivity contribution in [1.82, 2.24) is 10.2 Å². The van der Waals surface area contributed by atoms with Crippen molar-refractivity contribution in [3.63, 3.8) is 0 Å². The second-order valence-corrected chi connectivity index (χ2v) is 6.12. The molecule has 0 aromatic heterocycles. The van der Waals surface area contributed by atoms with Crippen molar-refractivity contribution in [3.05, 3.63) is 0 Å². The van der Waals surface area contributed by atoms with Crippen LogP contribution in [0.25, 0.3) is 0 Å². The Morgan fingerprint density at radius 3 is 2.74 bits per heavy atom. The Morgan fingerprint density at radius 2 is 2.16 bits per heavy atom. The predicted octanol–water partition coefficient (Wildman–Crippen LogP) is 2.88. The number of likely N-dealkylation sites (tertiary alicyclic amines) is 1. The lowest BCUT2D eigenvalue weighted by atomic mass is 9.90. The van der Waals surface area contributed by atoms with Crippen molar-refractivity contribution >= 4 is 6.09 Å². The zero-order chi connectivity index (χ0) is 14.3. The van der Waals surface area contributed by atoms with Gasteiger partial charge in [-0.1, -0.05) is 33.6 Å². The Labute approximate surface area is 117 Å². The van der Waals surface area contributed by atoms with E-state index in [4.69, 9.17) is 4.74 Å². The number of nitrogens with zero attached hydrogens (tertiary/aromatic N) is 1. The van der Waals surface area contributed by atoms with Gasteiger partial charge in [0.1, 0.15) is 0 Å². The molecular formula is C15H30N2O2. The topological polar surface area (TPSA) is 41.6 Å². The molecule has 1 aliphatic heterocycles. The fourth-order valence-corrected chi connectivity index (χ4v) is 2.73. The minimum Gasteiger partial charge on any atom is -0.453 e. The molecule has 0 bridgehead atoms. The number of methoxy groups -OCH3 is 1. The third-order valence-corrected chi connectivity index (χ3v) is 3.75. The van der Waals surface area contributed by atoms with Crippen LogP contribution in [0, 0.1) is 11.8 Å². The minimum absolute atomic E-state index is 0.183. The summed E-state index contributed by atoms with van der Waals surface area (Å²) >= 11 is 0. The third-order valence-electron chi connectivity index (χ3n) is 3.75. The summed E-state index contributed by atoms with van der Waals surface area (Å²) < 4.78 is 4.88.